The number of halogens is 1. The number of hydrogen-bond acceptors (Lipinski definition) is 1. The number of anilines is 3. The first-order valence-corrected chi connectivity index (χ1v) is 27.1. The second kappa shape index (κ2) is 24.0. The molecule has 0 heterocycles. The van der Waals surface area contributed by atoms with E-state index in [0.29, 0.717) is 0 Å². The third kappa shape index (κ3) is 11.4. The van der Waals surface area contributed by atoms with Crippen molar-refractivity contribution in [3.63, 3.8) is 0 Å². The van der Waals surface area contributed by atoms with Crippen LogP contribution in [0.3, 0.4) is 0 Å². The summed E-state index contributed by atoms with van der Waals surface area (Å²) in [7, 11) is 0. The highest BCUT2D eigenvalue weighted by molar-refractivity contribution is 9.10. The van der Waals surface area contributed by atoms with Gasteiger partial charge in [-0.25, -0.2) is 0 Å². The van der Waals surface area contributed by atoms with Gasteiger partial charge in [0.15, 0.2) is 0 Å². The van der Waals surface area contributed by atoms with Gasteiger partial charge < -0.3 is 4.90 Å². The van der Waals surface area contributed by atoms with Gasteiger partial charge in [-0.05, 0) is 133 Å². The molecule has 8 aromatic carbocycles. The van der Waals surface area contributed by atoms with Crippen LogP contribution >= 0.6 is 15.9 Å². The molecular formula is C66H70BrN. The van der Waals surface area contributed by atoms with E-state index in [-0.39, 0.29) is 0 Å². The van der Waals surface area contributed by atoms with E-state index in [0.717, 1.165) is 22.3 Å². The Morgan fingerprint density at radius 2 is 0.750 bits per heavy atom. The van der Waals surface area contributed by atoms with Gasteiger partial charge in [-0.3, -0.25) is 0 Å². The van der Waals surface area contributed by atoms with Crippen molar-refractivity contribution in [1.82, 2.24) is 0 Å². The number of aryl methyl sites for hydroxylation is 1. The summed E-state index contributed by atoms with van der Waals surface area (Å²) < 4.78 is 1.08. The van der Waals surface area contributed by atoms with Gasteiger partial charge in [0, 0.05) is 21.5 Å². The van der Waals surface area contributed by atoms with E-state index >= 15 is 0 Å². The van der Waals surface area contributed by atoms with Crippen LogP contribution in [-0.2, 0) is 6.42 Å². The Balaban J connectivity index is 0.868. The summed E-state index contributed by atoms with van der Waals surface area (Å²) >= 11 is 3.69. The van der Waals surface area contributed by atoms with Crippen molar-refractivity contribution in [3.05, 3.63) is 186 Å². The van der Waals surface area contributed by atoms with Gasteiger partial charge in [-0.1, -0.05) is 259 Å². The molecule has 346 valence electrons. The molecule has 0 bridgehead atoms. The average molecular weight is 957 g/mol. The van der Waals surface area contributed by atoms with E-state index in [1.165, 1.54) is 193 Å². The van der Waals surface area contributed by atoms with Crippen LogP contribution in [-0.4, -0.2) is 0 Å². The zero-order valence-electron chi connectivity index (χ0n) is 40.5. The quantitative estimate of drug-likeness (QED) is 0.0516. The van der Waals surface area contributed by atoms with Crippen molar-refractivity contribution in [2.75, 3.05) is 4.90 Å². The van der Waals surface area contributed by atoms with E-state index in [1.54, 1.807) is 0 Å². The number of unbranched alkanes of at least 4 members (excludes halogenated alkanes) is 17. The third-order valence-electron chi connectivity index (χ3n) is 14.5. The molecule has 0 fully saturated rings. The molecule has 8 aromatic rings. The lowest BCUT2D eigenvalue weighted by Crippen LogP contribution is -2.09. The fraction of sp³-hybridized carbons (Fsp3) is 0.303. The number of rotatable bonds is 25. The molecule has 0 radical (unpaired) electrons. The highest BCUT2D eigenvalue weighted by Gasteiger charge is 2.30. The van der Waals surface area contributed by atoms with Gasteiger partial charge in [-0.15, -0.1) is 0 Å². The predicted octanol–water partition coefficient (Wildman–Crippen LogP) is 21.3. The summed E-state index contributed by atoms with van der Waals surface area (Å²) in [6, 6.07) is 65.3. The minimum atomic E-state index is 1.08. The van der Waals surface area contributed by atoms with Gasteiger partial charge in [-0.2, -0.15) is 0 Å². The SMILES string of the molecule is CCCCCCCCCCCCCCCCCCCCc1ccc(N(c2ccc(Br)cc2)c2ccc(-c3ccc4cccc5c4c3-c3c(-c4ccccc4)ccc(-c4ccccc4)c3-5)cc2)cc1. The van der Waals surface area contributed by atoms with Gasteiger partial charge in [0.2, 0.25) is 0 Å². The van der Waals surface area contributed by atoms with Crippen molar-refractivity contribution in [3.8, 4) is 55.6 Å². The number of hydrogen-bond donors (Lipinski definition) is 0. The zero-order valence-corrected chi connectivity index (χ0v) is 42.1. The Morgan fingerprint density at radius 3 is 1.28 bits per heavy atom. The summed E-state index contributed by atoms with van der Waals surface area (Å²) in [5.74, 6) is 0. The van der Waals surface area contributed by atoms with Crippen LogP contribution in [0.4, 0.5) is 17.1 Å². The Kier molecular flexibility index (Phi) is 16.7. The summed E-state index contributed by atoms with van der Waals surface area (Å²) in [4.78, 5) is 2.39. The van der Waals surface area contributed by atoms with Crippen molar-refractivity contribution < 1.29 is 0 Å². The molecule has 0 aliphatic heterocycles. The number of fused-ring (bicyclic) bond motifs is 3. The fourth-order valence-electron chi connectivity index (χ4n) is 10.8. The maximum absolute atomic E-state index is 3.69. The molecule has 0 spiro atoms. The Morgan fingerprint density at radius 1 is 0.324 bits per heavy atom. The molecule has 9 rings (SSSR count). The lowest BCUT2D eigenvalue weighted by molar-refractivity contribution is 0.525. The highest BCUT2D eigenvalue weighted by Crippen LogP contribution is 2.57. The molecule has 0 amide bonds. The van der Waals surface area contributed by atoms with E-state index in [2.05, 4.69) is 204 Å². The van der Waals surface area contributed by atoms with Gasteiger partial charge in [0.1, 0.15) is 0 Å². The molecule has 68 heavy (non-hydrogen) atoms. The fourth-order valence-corrected chi connectivity index (χ4v) is 11.1. The first-order chi connectivity index (χ1) is 33.7. The van der Waals surface area contributed by atoms with Crippen LogP contribution in [0.5, 0.6) is 0 Å². The maximum atomic E-state index is 3.69. The highest BCUT2D eigenvalue weighted by atomic mass is 79.9. The minimum Gasteiger partial charge on any atom is -0.311 e. The first kappa shape index (κ1) is 47.4. The third-order valence-corrected chi connectivity index (χ3v) is 15.0. The lowest BCUT2D eigenvalue weighted by atomic mass is 9.86. The van der Waals surface area contributed by atoms with E-state index in [1.807, 2.05) is 0 Å². The molecule has 0 saturated carbocycles. The normalized spacial score (nSPS) is 11.6. The summed E-state index contributed by atoms with van der Waals surface area (Å²) in [6.45, 7) is 2.30. The smallest absolute Gasteiger partial charge is 0.0462 e. The first-order valence-electron chi connectivity index (χ1n) is 26.3. The van der Waals surface area contributed by atoms with Crippen LogP contribution in [0.25, 0.3) is 66.4 Å². The number of benzene rings is 8. The van der Waals surface area contributed by atoms with Crippen LogP contribution < -0.4 is 4.90 Å². The minimum absolute atomic E-state index is 1.08. The molecule has 1 aliphatic rings. The van der Waals surface area contributed by atoms with Crippen LogP contribution in [0.1, 0.15) is 128 Å². The molecule has 1 nitrogen and oxygen atoms in total. The average Bonchev–Trinajstić information content (AvgIpc) is 3.74. The zero-order chi connectivity index (χ0) is 46.3. The molecule has 0 saturated heterocycles. The van der Waals surface area contributed by atoms with E-state index < -0.39 is 0 Å². The van der Waals surface area contributed by atoms with E-state index in [4.69, 9.17) is 0 Å². The van der Waals surface area contributed by atoms with Crippen LogP contribution in [0.15, 0.2) is 180 Å². The molecular weight excluding hydrogens is 887 g/mol. The number of nitrogens with zero attached hydrogens (tertiary/aromatic N) is 1. The van der Waals surface area contributed by atoms with Gasteiger partial charge >= 0.3 is 0 Å². The van der Waals surface area contributed by atoms with Crippen molar-refractivity contribution in [2.24, 2.45) is 0 Å². The molecule has 0 unspecified atom stereocenters. The Hall–Kier alpha value is -5.70. The van der Waals surface area contributed by atoms with E-state index in [9.17, 15) is 0 Å². The van der Waals surface area contributed by atoms with Crippen molar-refractivity contribution >= 4 is 43.8 Å². The largest absolute Gasteiger partial charge is 0.311 e. The second-order valence-electron chi connectivity index (χ2n) is 19.3. The van der Waals surface area contributed by atoms with Crippen LogP contribution in [0, 0.1) is 0 Å². The van der Waals surface area contributed by atoms with Gasteiger partial charge in [0.05, 0.1) is 0 Å². The molecule has 1 aliphatic carbocycles. The monoisotopic (exact) mass is 955 g/mol. The Labute approximate surface area is 416 Å². The van der Waals surface area contributed by atoms with Crippen LogP contribution in [0.2, 0.25) is 0 Å². The topological polar surface area (TPSA) is 3.24 Å². The maximum Gasteiger partial charge on any atom is 0.0462 e. The summed E-state index contributed by atoms with van der Waals surface area (Å²) in [6.07, 6.45) is 26.5. The second-order valence-corrected chi connectivity index (χ2v) is 20.2. The molecule has 0 N–H and O–H groups in total. The predicted molar refractivity (Wildman–Crippen MR) is 300 cm³/mol. The Bertz CT molecular complexity index is 2810. The molecule has 0 atom stereocenters. The standard InChI is InChI=1S/C66H70BrN/c1-2-3-4-5-6-7-8-9-10-11-12-13-14-15-16-17-18-21-27-50-34-41-56(42-35-50)68(58-45-39-55(67)40-46-58)57-43-36-53(37-44-57)60-47-38-54-32-26-33-62-63(54)65(60)66-61(52-30-24-20-25-31-52)49-48-59(64(62)66)51-28-22-19-23-29-51/h19-20,22-26,28-49H,2-18,21,27H2,1H3. The summed E-state index contributed by atoms with van der Waals surface area (Å²) in [5.41, 5.74) is 17.7. The van der Waals surface area contributed by atoms with Crippen molar-refractivity contribution in [2.45, 2.75) is 129 Å². The lowest BCUT2D eigenvalue weighted by Gasteiger charge is -2.26. The van der Waals surface area contributed by atoms with Gasteiger partial charge in [0.25, 0.3) is 0 Å². The molecule has 0 aromatic heterocycles. The summed E-state index contributed by atoms with van der Waals surface area (Å²) in [5, 5.41) is 2.61. The van der Waals surface area contributed by atoms with Crippen molar-refractivity contribution in [1.29, 1.82) is 0 Å². The molecule has 2 heteroatoms.